The highest BCUT2D eigenvalue weighted by atomic mass is 32.2. The minimum atomic E-state index is -3.18. The highest BCUT2D eigenvalue weighted by Gasteiger charge is 2.20. The first kappa shape index (κ1) is 16.9. The van der Waals surface area contributed by atoms with Gasteiger partial charge in [-0.2, -0.15) is 0 Å². The molecule has 0 fully saturated rings. The Bertz CT molecular complexity index is 278. The zero-order valence-corrected chi connectivity index (χ0v) is 12.3. The van der Waals surface area contributed by atoms with Gasteiger partial charge in [0.05, 0.1) is 5.75 Å². The number of sulfonamides is 1. The molecule has 0 radical (unpaired) electrons. The van der Waals surface area contributed by atoms with Gasteiger partial charge < -0.3 is 5.11 Å². The Morgan fingerprint density at radius 1 is 1.06 bits per heavy atom. The van der Waals surface area contributed by atoms with E-state index in [1.807, 2.05) is 0 Å². The second-order valence-electron chi connectivity index (χ2n) is 5.25. The Balaban J connectivity index is 4.15. The summed E-state index contributed by atoms with van der Waals surface area (Å²) in [6, 6.07) is 0. The molecular weight excluding hydrogens is 238 g/mol. The molecule has 5 heteroatoms. The molecule has 104 valence electrons. The molecule has 2 N–H and O–H groups in total. The highest BCUT2D eigenvalue weighted by molar-refractivity contribution is 7.89. The number of hydrogen-bond donors (Lipinski definition) is 2. The second kappa shape index (κ2) is 8.06. The van der Waals surface area contributed by atoms with Gasteiger partial charge in [-0.15, -0.1) is 0 Å². The third-order valence-electron chi connectivity index (χ3n) is 3.07. The maximum absolute atomic E-state index is 11.7. The van der Waals surface area contributed by atoms with Crippen LogP contribution in [0.25, 0.3) is 0 Å². The van der Waals surface area contributed by atoms with E-state index in [4.69, 9.17) is 5.11 Å². The van der Waals surface area contributed by atoms with Gasteiger partial charge in [0.25, 0.3) is 0 Å². The molecule has 0 spiro atoms. The van der Waals surface area contributed by atoms with Crippen LogP contribution in [0.1, 0.15) is 40.5 Å². The van der Waals surface area contributed by atoms with Gasteiger partial charge in [-0.05, 0) is 30.6 Å². The van der Waals surface area contributed by atoms with Crippen molar-refractivity contribution in [1.82, 2.24) is 4.72 Å². The van der Waals surface area contributed by atoms with Crippen molar-refractivity contribution in [3.05, 3.63) is 0 Å². The smallest absolute Gasteiger partial charge is 0.211 e. The van der Waals surface area contributed by atoms with Crippen LogP contribution in [0.5, 0.6) is 0 Å². The maximum Gasteiger partial charge on any atom is 0.211 e. The van der Waals surface area contributed by atoms with E-state index in [0.29, 0.717) is 37.1 Å². The average Bonchev–Trinajstić information content (AvgIpc) is 2.16. The first-order chi connectivity index (χ1) is 7.80. The Morgan fingerprint density at radius 3 is 2.00 bits per heavy atom. The number of aliphatic hydroxyl groups is 1. The Morgan fingerprint density at radius 2 is 1.59 bits per heavy atom. The standard InChI is InChI=1S/C12H27NO3S/c1-10(2)12(11(3)4)9-13-17(15,16)8-6-5-7-14/h10-14H,5-9H2,1-4H3. The van der Waals surface area contributed by atoms with Crippen molar-refractivity contribution in [3.8, 4) is 0 Å². The third kappa shape index (κ3) is 7.73. The maximum atomic E-state index is 11.7. The normalized spacial score (nSPS) is 12.9. The molecule has 0 rings (SSSR count). The monoisotopic (exact) mass is 265 g/mol. The number of aliphatic hydroxyl groups excluding tert-OH is 1. The first-order valence-corrected chi connectivity index (χ1v) is 8.03. The summed E-state index contributed by atoms with van der Waals surface area (Å²) in [6.07, 6.45) is 1.05. The lowest BCUT2D eigenvalue weighted by molar-refractivity contribution is 0.286. The molecule has 0 aromatic rings. The van der Waals surface area contributed by atoms with Crippen molar-refractivity contribution in [2.45, 2.75) is 40.5 Å². The molecule has 0 saturated carbocycles. The van der Waals surface area contributed by atoms with Crippen molar-refractivity contribution >= 4 is 10.0 Å². The summed E-state index contributed by atoms with van der Waals surface area (Å²) in [6.45, 7) is 9.03. The van der Waals surface area contributed by atoms with Crippen LogP contribution in [-0.2, 0) is 10.0 Å². The molecule has 0 bridgehead atoms. The van der Waals surface area contributed by atoms with Crippen molar-refractivity contribution in [3.63, 3.8) is 0 Å². The number of nitrogens with one attached hydrogen (secondary N) is 1. The Labute approximate surface area is 106 Å². The summed E-state index contributed by atoms with van der Waals surface area (Å²) in [5.74, 6) is 1.41. The van der Waals surface area contributed by atoms with E-state index in [1.165, 1.54) is 0 Å². The van der Waals surface area contributed by atoms with E-state index >= 15 is 0 Å². The van der Waals surface area contributed by atoms with Crippen molar-refractivity contribution in [2.75, 3.05) is 18.9 Å². The molecule has 0 heterocycles. The minimum Gasteiger partial charge on any atom is -0.396 e. The molecule has 0 amide bonds. The second-order valence-corrected chi connectivity index (χ2v) is 7.18. The Hall–Kier alpha value is -0.130. The lowest BCUT2D eigenvalue weighted by Crippen LogP contribution is -2.35. The van der Waals surface area contributed by atoms with E-state index < -0.39 is 10.0 Å². The van der Waals surface area contributed by atoms with Gasteiger partial charge in [-0.3, -0.25) is 0 Å². The molecule has 17 heavy (non-hydrogen) atoms. The van der Waals surface area contributed by atoms with Crippen molar-refractivity contribution < 1.29 is 13.5 Å². The first-order valence-electron chi connectivity index (χ1n) is 6.38. The molecule has 0 aliphatic rings. The van der Waals surface area contributed by atoms with Gasteiger partial charge in [-0.1, -0.05) is 27.7 Å². The largest absolute Gasteiger partial charge is 0.396 e. The molecule has 0 aliphatic carbocycles. The van der Waals surface area contributed by atoms with Crippen LogP contribution in [0.15, 0.2) is 0 Å². The quantitative estimate of drug-likeness (QED) is 0.622. The summed E-state index contributed by atoms with van der Waals surface area (Å²) < 4.78 is 26.0. The van der Waals surface area contributed by atoms with Crippen LogP contribution in [0.3, 0.4) is 0 Å². The topological polar surface area (TPSA) is 66.4 Å². The molecular formula is C12H27NO3S. The highest BCUT2D eigenvalue weighted by Crippen LogP contribution is 2.19. The molecule has 0 aliphatic heterocycles. The summed E-state index contributed by atoms with van der Waals surface area (Å²) in [4.78, 5) is 0. The summed E-state index contributed by atoms with van der Waals surface area (Å²) >= 11 is 0. The average molecular weight is 265 g/mol. The summed E-state index contributed by atoms with van der Waals surface area (Å²) in [5, 5.41) is 8.61. The van der Waals surface area contributed by atoms with Crippen LogP contribution in [0.2, 0.25) is 0 Å². The molecule has 0 aromatic heterocycles. The van der Waals surface area contributed by atoms with Crippen LogP contribution in [0, 0.1) is 17.8 Å². The molecule has 0 atom stereocenters. The molecule has 0 unspecified atom stereocenters. The van der Waals surface area contributed by atoms with E-state index in [1.54, 1.807) is 0 Å². The predicted octanol–water partition coefficient (Wildman–Crippen LogP) is 1.61. The molecule has 0 saturated heterocycles. The van der Waals surface area contributed by atoms with E-state index in [2.05, 4.69) is 32.4 Å². The van der Waals surface area contributed by atoms with Gasteiger partial charge in [0.2, 0.25) is 10.0 Å². The van der Waals surface area contributed by atoms with Crippen LogP contribution < -0.4 is 4.72 Å². The SMILES string of the molecule is CC(C)C(CNS(=O)(=O)CCCCO)C(C)C. The minimum absolute atomic E-state index is 0.0517. The van der Waals surface area contributed by atoms with Gasteiger partial charge in [-0.25, -0.2) is 13.1 Å². The fraction of sp³-hybridized carbons (Fsp3) is 1.00. The van der Waals surface area contributed by atoms with Gasteiger partial charge in [0.1, 0.15) is 0 Å². The third-order valence-corrected chi connectivity index (χ3v) is 4.51. The van der Waals surface area contributed by atoms with Crippen molar-refractivity contribution in [1.29, 1.82) is 0 Å². The zero-order chi connectivity index (χ0) is 13.5. The van der Waals surface area contributed by atoms with Crippen LogP contribution >= 0.6 is 0 Å². The van der Waals surface area contributed by atoms with Gasteiger partial charge in [0.15, 0.2) is 0 Å². The van der Waals surface area contributed by atoms with E-state index in [-0.39, 0.29) is 12.4 Å². The van der Waals surface area contributed by atoms with E-state index in [0.717, 1.165) is 0 Å². The van der Waals surface area contributed by atoms with Crippen LogP contribution in [0.4, 0.5) is 0 Å². The number of unbranched alkanes of at least 4 members (excludes halogenated alkanes) is 1. The summed E-state index contributed by atoms with van der Waals surface area (Å²) in [5.41, 5.74) is 0. The molecule has 4 nitrogen and oxygen atoms in total. The number of rotatable bonds is 9. The van der Waals surface area contributed by atoms with Gasteiger partial charge >= 0.3 is 0 Å². The fourth-order valence-corrected chi connectivity index (χ4v) is 3.12. The fourth-order valence-electron chi connectivity index (χ4n) is 1.94. The Kier molecular flexibility index (Phi) is 8.00. The predicted molar refractivity (Wildman–Crippen MR) is 71.3 cm³/mol. The lowest BCUT2D eigenvalue weighted by Gasteiger charge is -2.24. The van der Waals surface area contributed by atoms with Crippen LogP contribution in [-0.4, -0.2) is 32.4 Å². The lowest BCUT2D eigenvalue weighted by atomic mass is 9.86. The number of hydrogen-bond acceptors (Lipinski definition) is 3. The van der Waals surface area contributed by atoms with Gasteiger partial charge in [0, 0.05) is 13.2 Å². The summed E-state index contributed by atoms with van der Waals surface area (Å²) in [7, 11) is -3.18. The van der Waals surface area contributed by atoms with E-state index in [9.17, 15) is 8.42 Å². The zero-order valence-electron chi connectivity index (χ0n) is 11.4. The van der Waals surface area contributed by atoms with Crippen molar-refractivity contribution in [2.24, 2.45) is 17.8 Å². The molecule has 0 aromatic carbocycles.